The second kappa shape index (κ2) is 7.70. The molecule has 1 amide bonds. The highest BCUT2D eigenvalue weighted by molar-refractivity contribution is 5.66. The minimum atomic E-state index is -0.319. The molecule has 0 unspecified atom stereocenters. The van der Waals surface area contributed by atoms with Crippen LogP contribution in [0.2, 0.25) is 0 Å². The van der Waals surface area contributed by atoms with Gasteiger partial charge in [-0.3, -0.25) is 4.90 Å². The van der Waals surface area contributed by atoms with Gasteiger partial charge in [0.05, 0.1) is 13.7 Å². The SMILES string of the molecule is CCOCC12CCCN1CCC2.COC(=O)N(C)C. The van der Waals surface area contributed by atoms with E-state index in [0.717, 1.165) is 13.2 Å². The van der Waals surface area contributed by atoms with Gasteiger partial charge in [-0.15, -0.1) is 0 Å². The van der Waals surface area contributed by atoms with Gasteiger partial charge in [0, 0.05) is 26.2 Å². The highest BCUT2D eigenvalue weighted by Gasteiger charge is 2.43. The Labute approximate surface area is 116 Å². The maximum absolute atomic E-state index is 10.2. The van der Waals surface area contributed by atoms with Gasteiger partial charge in [0.2, 0.25) is 0 Å². The number of methoxy groups -OCH3 is 1. The van der Waals surface area contributed by atoms with Crippen molar-refractivity contribution in [2.45, 2.75) is 38.1 Å². The van der Waals surface area contributed by atoms with Gasteiger partial charge in [-0.25, -0.2) is 4.79 Å². The molecule has 0 aromatic heterocycles. The molecule has 2 fully saturated rings. The summed E-state index contributed by atoms with van der Waals surface area (Å²) in [6, 6.07) is 0. The lowest BCUT2D eigenvalue weighted by Gasteiger charge is -2.31. The lowest BCUT2D eigenvalue weighted by Crippen LogP contribution is -2.42. The summed E-state index contributed by atoms with van der Waals surface area (Å²) in [5.41, 5.74) is 0.468. The van der Waals surface area contributed by atoms with Gasteiger partial charge in [-0.05, 0) is 45.7 Å². The largest absolute Gasteiger partial charge is 0.453 e. The summed E-state index contributed by atoms with van der Waals surface area (Å²) in [5.74, 6) is 0. The predicted octanol–water partition coefficient (Wildman–Crippen LogP) is 1.97. The van der Waals surface area contributed by atoms with Crippen LogP contribution in [-0.2, 0) is 9.47 Å². The number of carbonyl (C=O) groups excluding carboxylic acids is 1. The van der Waals surface area contributed by atoms with Crippen LogP contribution in [0.5, 0.6) is 0 Å². The first-order valence-electron chi connectivity index (χ1n) is 7.14. The van der Waals surface area contributed by atoms with Crippen molar-refractivity contribution in [3.63, 3.8) is 0 Å². The third-order valence-corrected chi connectivity index (χ3v) is 3.93. The quantitative estimate of drug-likeness (QED) is 0.787. The van der Waals surface area contributed by atoms with Crippen molar-refractivity contribution < 1.29 is 14.3 Å². The highest BCUT2D eigenvalue weighted by atomic mass is 16.5. The lowest BCUT2D eigenvalue weighted by molar-refractivity contribution is 0.0417. The van der Waals surface area contributed by atoms with Crippen LogP contribution in [0.15, 0.2) is 0 Å². The Morgan fingerprint density at radius 1 is 1.26 bits per heavy atom. The zero-order valence-corrected chi connectivity index (χ0v) is 12.8. The van der Waals surface area contributed by atoms with Crippen LogP contribution >= 0.6 is 0 Å². The van der Waals surface area contributed by atoms with Gasteiger partial charge < -0.3 is 14.4 Å². The highest BCUT2D eigenvalue weighted by Crippen LogP contribution is 2.38. The molecule has 112 valence electrons. The summed E-state index contributed by atoms with van der Waals surface area (Å²) in [7, 11) is 4.61. The minimum Gasteiger partial charge on any atom is -0.453 e. The Balaban J connectivity index is 0.000000224. The first-order valence-corrected chi connectivity index (χ1v) is 7.14. The van der Waals surface area contributed by atoms with Crippen molar-refractivity contribution >= 4 is 6.09 Å². The fraction of sp³-hybridized carbons (Fsp3) is 0.929. The molecule has 0 aromatic rings. The van der Waals surface area contributed by atoms with Crippen LogP contribution in [0, 0.1) is 0 Å². The van der Waals surface area contributed by atoms with E-state index in [1.54, 1.807) is 14.1 Å². The number of nitrogens with zero attached hydrogens (tertiary/aromatic N) is 2. The molecule has 0 spiro atoms. The van der Waals surface area contributed by atoms with Gasteiger partial charge >= 0.3 is 6.09 Å². The summed E-state index contributed by atoms with van der Waals surface area (Å²) in [6.07, 6.45) is 5.18. The minimum absolute atomic E-state index is 0.319. The van der Waals surface area contributed by atoms with Crippen LogP contribution in [-0.4, -0.2) is 68.9 Å². The first kappa shape index (κ1) is 16.2. The Bertz CT molecular complexity index is 272. The molecule has 0 N–H and O–H groups in total. The van der Waals surface area contributed by atoms with E-state index in [2.05, 4.69) is 16.6 Å². The zero-order valence-electron chi connectivity index (χ0n) is 12.8. The Morgan fingerprint density at radius 3 is 2.21 bits per heavy atom. The lowest BCUT2D eigenvalue weighted by atomic mass is 9.95. The third-order valence-electron chi connectivity index (χ3n) is 3.93. The van der Waals surface area contributed by atoms with E-state index in [1.807, 2.05) is 0 Å². The summed E-state index contributed by atoms with van der Waals surface area (Å²) in [5, 5.41) is 0. The maximum Gasteiger partial charge on any atom is 0.408 e. The van der Waals surface area contributed by atoms with Crippen molar-refractivity contribution in [2.75, 3.05) is 47.5 Å². The van der Waals surface area contributed by atoms with Gasteiger partial charge in [0.1, 0.15) is 0 Å². The first-order chi connectivity index (χ1) is 9.05. The second-order valence-corrected chi connectivity index (χ2v) is 5.42. The van der Waals surface area contributed by atoms with E-state index >= 15 is 0 Å². The normalized spacial score (nSPS) is 20.4. The van der Waals surface area contributed by atoms with Crippen molar-refractivity contribution in [1.29, 1.82) is 0 Å². The number of rotatable bonds is 3. The standard InChI is InChI=1S/C10H19NO.C4H9NO2/c1-2-12-9-10-5-3-7-11(10)8-4-6-10;1-5(2)4(6)7-3/h2-9H2,1H3;1-3H3. The molecule has 2 aliphatic heterocycles. The summed E-state index contributed by atoms with van der Waals surface area (Å²) >= 11 is 0. The van der Waals surface area contributed by atoms with E-state index in [-0.39, 0.29) is 6.09 Å². The molecule has 5 nitrogen and oxygen atoms in total. The number of hydrogen-bond donors (Lipinski definition) is 0. The molecular formula is C14H28N2O3. The van der Waals surface area contributed by atoms with Gasteiger partial charge in [0.25, 0.3) is 0 Å². The number of hydrogen-bond acceptors (Lipinski definition) is 4. The molecule has 0 atom stereocenters. The van der Waals surface area contributed by atoms with E-state index in [9.17, 15) is 4.79 Å². The van der Waals surface area contributed by atoms with Gasteiger partial charge in [-0.1, -0.05) is 0 Å². The van der Waals surface area contributed by atoms with Crippen LogP contribution in [0.1, 0.15) is 32.6 Å². The third kappa shape index (κ3) is 4.35. The summed E-state index contributed by atoms with van der Waals surface area (Å²) in [4.78, 5) is 14.2. The molecule has 0 saturated carbocycles. The maximum atomic E-state index is 10.2. The molecule has 2 aliphatic rings. The number of fused-ring (bicyclic) bond motifs is 1. The van der Waals surface area contributed by atoms with Gasteiger partial charge in [-0.2, -0.15) is 0 Å². The Morgan fingerprint density at radius 2 is 1.84 bits per heavy atom. The number of carbonyl (C=O) groups is 1. The smallest absolute Gasteiger partial charge is 0.408 e. The molecule has 2 rings (SSSR count). The van der Waals surface area contributed by atoms with Crippen molar-refractivity contribution in [3.8, 4) is 0 Å². The molecule has 0 aliphatic carbocycles. The number of amides is 1. The van der Waals surface area contributed by atoms with E-state index in [1.165, 1.54) is 50.8 Å². The van der Waals surface area contributed by atoms with E-state index in [4.69, 9.17) is 4.74 Å². The van der Waals surface area contributed by atoms with Crippen LogP contribution in [0.25, 0.3) is 0 Å². The average Bonchev–Trinajstić information content (AvgIpc) is 2.95. The summed E-state index contributed by atoms with van der Waals surface area (Å²) < 4.78 is 9.88. The van der Waals surface area contributed by atoms with Crippen molar-refractivity contribution in [3.05, 3.63) is 0 Å². The molecule has 0 aromatic carbocycles. The van der Waals surface area contributed by atoms with Crippen LogP contribution in [0.3, 0.4) is 0 Å². The second-order valence-electron chi connectivity index (χ2n) is 5.42. The topological polar surface area (TPSA) is 42.0 Å². The van der Waals surface area contributed by atoms with Crippen molar-refractivity contribution in [1.82, 2.24) is 9.80 Å². The van der Waals surface area contributed by atoms with Crippen molar-refractivity contribution in [2.24, 2.45) is 0 Å². The fourth-order valence-corrected chi connectivity index (χ4v) is 2.94. The molecule has 0 radical (unpaired) electrons. The van der Waals surface area contributed by atoms with E-state index < -0.39 is 0 Å². The Hall–Kier alpha value is -0.810. The van der Waals surface area contributed by atoms with Gasteiger partial charge in [0.15, 0.2) is 0 Å². The zero-order chi connectivity index (χ0) is 14.3. The molecular weight excluding hydrogens is 244 g/mol. The fourth-order valence-electron chi connectivity index (χ4n) is 2.94. The molecule has 2 heterocycles. The summed E-state index contributed by atoms with van der Waals surface area (Å²) in [6.45, 7) is 6.56. The average molecular weight is 272 g/mol. The molecule has 19 heavy (non-hydrogen) atoms. The number of ether oxygens (including phenoxy) is 2. The van der Waals surface area contributed by atoms with E-state index in [0.29, 0.717) is 5.54 Å². The molecule has 5 heteroatoms. The van der Waals surface area contributed by atoms with Crippen LogP contribution in [0.4, 0.5) is 4.79 Å². The monoisotopic (exact) mass is 272 g/mol. The Kier molecular flexibility index (Phi) is 6.58. The van der Waals surface area contributed by atoms with Crippen LogP contribution < -0.4 is 0 Å². The molecule has 2 saturated heterocycles. The molecule has 0 bridgehead atoms. The predicted molar refractivity (Wildman–Crippen MR) is 75.4 cm³/mol.